The summed E-state index contributed by atoms with van der Waals surface area (Å²) in [6, 6.07) is 9.54. The van der Waals surface area contributed by atoms with Gasteiger partial charge in [0.15, 0.2) is 0 Å². The minimum Gasteiger partial charge on any atom is -0.490 e. The van der Waals surface area contributed by atoms with Crippen LogP contribution < -0.4 is 9.47 Å². The van der Waals surface area contributed by atoms with Crippen LogP contribution in [-0.4, -0.2) is 37.4 Å². The van der Waals surface area contributed by atoms with Crippen molar-refractivity contribution in [2.45, 2.75) is 33.0 Å². The summed E-state index contributed by atoms with van der Waals surface area (Å²) in [4.78, 5) is 22.4. The van der Waals surface area contributed by atoms with Gasteiger partial charge in [-0.1, -0.05) is 25.3 Å². The topological polar surface area (TPSA) is 71.1 Å². The second kappa shape index (κ2) is 10.3. The molecule has 2 rings (SSSR count). The van der Waals surface area contributed by atoms with Gasteiger partial charge in [-0.2, -0.15) is 0 Å². The van der Waals surface area contributed by atoms with Crippen LogP contribution in [0, 0.1) is 6.92 Å². The lowest BCUT2D eigenvalue weighted by Gasteiger charge is -2.16. The fraction of sp³-hybridized carbons (Fsp3) is 0.304. The number of rotatable bonds is 10. The minimum absolute atomic E-state index is 0.243. The molecule has 6 nitrogen and oxygen atoms in total. The third kappa shape index (κ3) is 6.38. The van der Waals surface area contributed by atoms with Crippen LogP contribution in [0.2, 0.25) is 0 Å². The molecule has 0 fully saturated rings. The molecule has 0 aliphatic heterocycles. The summed E-state index contributed by atoms with van der Waals surface area (Å²) < 4.78 is 21.7. The van der Waals surface area contributed by atoms with E-state index in [1.165, 1.54) is 0 Å². The van der Waals surface area contributed by atoms with Crippen LogP contribution >= 0.6 is 0 Å². The van der Waals surface area contributed by atoms with E-state index < -0.39 is 11.9 Å². The van der Waals surface area contributed by atoms with Crippen LogP contribution in [0.3, 0.4) is 0 Å². The molecule has 0 saturated heterocycles. The molecule has 154 valence electrons. The Kier molecular flexibility index (Phi) is 7.83. The monoisotopic (exact) mass is 398 g/mol. The molecule has 6 heteroatoms. The van der Waals surface area contributed by atoms with Gasteiger partial charge in [0.2, 0.25) is 0 Å². The molecule has 0 amide bonds. The van der Waals surface area contributed by atoms with E-state index in [4.69, 9.17) is 18.9 Å². The predicted molar refractivity (Wildman–Crippen MR) is 111 cm³/mol. The number of hydrogen-bond acceptors (Lipinski definition) is 6. The molecule has 0 heterocycles. The first-order chi connectivity index (χ1) is 13.8. The first-order valence-electron chi connectivity index (χ1n) is 9.29. The van der Waals surface area contributed by atoms with Gasteiger partial charge in [0, 0.05) is 12.2 Å². The van der Waals surface area contributed by atoms with Crippen LogP contribution in [0.15, 0.2) is 55.6 Å². The van der Waals surface area contributed by atoms with Crippen LogP contribution in [-0.2, 0) is 19.1 Å². The van der Waals surface area contributed by atoms with Crippen molar-refractivity contribution in [3.8, 4) is 11.5 Å². The second-order valence-corrected chi connectivity index (χ2v) is 6.60. The van der Waals surface area contributed by atoms with Crippen molar-refractivity contribution in [2.75, 3.05) is 13.2 Å². The Morgan fingerprint density at radius 2 is 1.52 bits per heavy atom. The summed E-state index contributed by atoms with van der Waals surface area (Å²) in [6.07, 6.45) is 1.48. The first-order valence-corrected chi connectivity index (χ1v) is 9.29. The summed E-state index contributed by atoms with van der Waals surface area (Å²) >= 11 is 0. The highest BCUT2D eigenvalue weighted by Gasteiger charge is 2.11. The maximum atomic E-state index is 11.2. The maximum Gasteiger partial charge on any atom is 0.330 e. The summed E-state index contributed by atoms with van der Waals surface area (Å²) in [5.41, 5.74) is 0.976. The van der Waals surface area contributed by atoms with Gasteiger partial charge in [0.25, 0.3) is 0 Å². The van der Waals surface area contributed by atoms with E-state index in [2.05, 4.69) is 13.2 Å². The number of hydrogen-bond donors (Lipinski definition) is 0. The van der Waals surface area contributed by atoms with E-state index in [9.17, 15) is 9.59 Å². The summed E-state index contributed by atoms with van der Waals surface area (Å²) in [5, 5.41) is 2.02. The molecule has 2 atom stereocenters. The average molecular weight is 398 g/mol. The molecule has 0 aliphatic carbocycles. The van der Waals surface area contributed by atoms with Crippen LogP contribution in [0.4, 0.5) is 0 Å². The normalized spacial score (nSPS) is 12.5. The fourth-order valence-electron chi connectivity index (χ4n) is 2.67. The van der Waals surface area contributed by atoms with E-state index in [0.29, 0.717) is 5.75 Å². The Labute approximate surface area is 170 Å². The number of aryl methyl sites for hydroxylation is 1. The number of fused-ring (bicyclic) bond motifs is 1. The SMILES string of the molecule is C=CC(=O)OC(C)COc1ccc2c(C)c(OCC(C)OC(=O)C=C)ccc2c1. The van der Waals surface area contributed by atoms with Crippen molar-refractivity contribution in [3.05, 3.63) is 61.2 Å². The highest BCUT2D eigenvalue weighted by atomic mass is 16.6. The molecule has 0 spiro atoms. The first kappa shape index (κ1) is 22.0. The zero-order chi connectivity index (χ0) is 21.4. The Bertz CT molecular complexity index is 902. The van der Waals surface area contributed by atoms with Crippen LogP contribution in [0.1, 0.15) is 19.4 Å². The zero-order valence-electron chi connectivity index (χ0n) is 17.0. The second-order valence-electron chi connectivity index (χ2n) is 6.60. The Balaban J connectivity index is 2.02. The summed E-state index contributed by atoms with van der Waals surface area (Å²) in [5.74, 6) is 0.448. The molecule has 2 aromatic rings. The van der Waals surface area contributed by atoms with Gasteiger partial charge < -0.3 is 18.9 Å². The number of carbonyl (C=O) groups is 2. The summed E-state index contributed by atoms with van der Waals surface area (Å²) in [7, 11) is 0. The fourth-order valence-corrected chi connectivity index (χ4v) is 2.67. The lowest BCUT2D eigenvalue weighted by Crippen LogP contribution is -2.21. The molecule has 29 heavy (non-hydrogen) atoms. The quantitative estimate of drug-likeness (QED) is 0.442. The molecule has 0 aromatic heterocycles. The number of carbonyl (C=O) groups excluding carboxylic acids is 2. The number of benzene rings is 2. The predicted octanol–water partition coefficient (Wildman–Crippen LogP) is 4.14. The van der Waals surface area contributed by atoms with E-state index in [1.807, 2.05) is 37.3 Å². The van der Waals surface area contributed by atoms with E-state index in [-0.39, 0.29) is 25.4 Å². The van der Waals surface area contributed by atoms with E-state index >= 15 is 0 Å². The highest BCUT2D eigenvalue weighted by Crippen LogP contribution is 2.30. The van der Waals surface area contributed by atoms with Gasteiger partial charge in [-0.25, -0.2) is 9.59 Å². The molecule has 0 saturated carbocycles. The van der Waals surface area contributed by atoms with Crippen molar-refractivity contribution in [1.82, 2.24) is 0 Å². The molecule has 0 bridgehead atoms. The van der Waals surface area contributed by atoms with Gasteiger partial charge >= 0.3 is 11.9 Å². The largest absolute Gasteiger partial charge is 0.490 e. The van der Waals surface area contributed by atoms with E-state index in [1.54, 1.807) is 13.8 Å². The van der Waals surface area contributed by atoms with Crippen molar-refractivity contribution in [3.63, 3.8) is 0 Å². The van der Waals surface area contributed by atoms with Crippen molar-refractivity contribution in [1.29, 1.82) is 0 Å². The molecule has 2 unspecified atom stereocenters. The standard InChI is InChI=1S/C23H26O6/c1-6-22(24)28-15(3)13-26-19-9-10-20-17(5)21(11-8-18(20)12-19)27-14-16(4)29-23(25)7-2/h6-12,15-16H,1-2,13-14H2,3-5H3. The third-order valence-electron chi connectivity index (χ3n) is 4.14. The highest BCUT2D eigenvalue weighted by molar-refractivity contribution is 5.88. The van der Waals surface area contributed by atoms with Gasteiger partial charge in [-0.05, 0) is 55.3 Å². The van der Waals surface area contributed by atoms with Gasteiger partial charge in [0.1, 0.15) is 36.9 Å². The lowest BCUT2D eigenvalue weighted by atomic mass is 10.0. The molecule has 0 radical (unpaired) electrons. The lowest BCUT2D eigenvalue weighted by molar-refractivity contribution is -0.144. The Hall–Kier alpha value is -3.28. The van der Waals surface area contributed by atoms with Gasteiger partial charge in [-0.3, -0.25) is 0 Å². The Morgan fingerprint density at radius 1 is 0.931 bits per heavy atom. The maximum absolute atomic E-state index is 11.2. The smallest absolute Gasteiger partial charge is 0.330 e. The van der Waals surface area contributed by atoms with Crippen molar-refractivity contribution < 1.29 is 28.5 Å². The molecular weight excluding hydrogens is 372 g/mol. The summed E-state index contributed by atoms with van der Waals surface area (Å²) in [6.45, 7) is 12.7. The zero-order valence-corrected chi connectivity index (χ0v) is 17.0. The molecule has 0 N–H and O–H groups in total. The number of ether oxygens (including phenoxy) is 4. The van der Waals surface area contributed by atoms with Gasteiger partial charge in [-0.15, -0.1) is 0 Å². The number of esters is 2. The van der Waals surface area contributed by atoms with Crippen molar-refractivity contribution >= 4 is 22.7 Å². The minimum atomic E-state index is -0.476. The third-order valence-corrected chi connectivity index (χ3v) is 4.14. The Morgan fingerprint density at radius 3 is 2.10 bits per heavy atom. The van der Waals surface area contributed by atoms with Crippen LogP contribution in [0.5, 0.6) is 11.5 Å². The molecule has 0 aliphatic rings. The molecular formula is C23H26O6. The van der Waals surface area contributed by atoms with E-state index in [0.717, 1.165) is 34.2 Å². The average Bonchev–Trinajstić information content (AvgIpc) is 2.71. The molecule has 2 aromatic carbocycles. The van der Waals surface area contributed by atoms with Gasteiger partial charge in [0.05, 0.1) is 0 Å². The van der Waals surface area contributed by atoms with Crippen molar-refractivity contribution in [2.24, 2.45) is 0 Å². The van der Waals surface area contributed by atoms with Crippen LogP contribution in [0.25, 0.3) is 10.8 Å².